The molecule has 2 aliphatic rings. The quantitative estimate of drug-likeness (QED) is 0.493. The number of thioether (sulfide) groups is 1. The van der Waals surface area contributed by atoms with Crippen LogP contribution in [0, 0.1) is 0 Å². The molecule has 3 unspecified atom stereocenters. The van der Waals surface area contributed by atoms with Crippen molar-refractivity contribution in [3.8, 4) is 0 Å². The number of nitrogens with zero attached hydrogens (tertiary/aromatic N) is 4. The number of rotatable bonds is 5. The van der Waals surface area contributed by atoms with Gasteiger partial charge in [0.25, 0.3) is 0 Å². The van der Waals surface area contributed by atoms with Crippen molar-refractivity contribution in [2.75, 3.05) is 0 Å². The van der Waals surface area contributed by atoms with Crippen molar-refractivity contribution in [3.05, 3.63) is 41.2 Å². The van der Waals surface area contributed by atoms with Crippen molar-refractivity contribution >= 4 is 23.6 Å². The monoisotopic (exact) mass is 403 g/mol. The molecule has 11 heteroatoms. The normalized spacial score (nSPS) is 26.5. The molecule has 1 aromatic heterocycles. The lowest BCUT2D eigenvalue weighted by Crippen LogP contribution is -2.68. The second kappa shape index (κ2) is 6.83. The number of H-pyrrole nitrogens is 1. The van der Waals surface area contributed by atoms with E-state index in [1.165, 1.54) is 0 Å². The first kappa shape index (κ1) is 18.8. The van der Waals surface area contributed by atoms with E-state index < -0.39 is 18.0 Å². The molecule has 2 amide bonds. The van der Waals surface area contributed by atoms with Gasteiger partial charge in [0.15, 0.2) is 5.82 Å². The number of tetrazole rings is 1. The second-order valence-corrected chi connectivity index (χ2v) is 9.16. The number of carbonyl (C=O) groups excluding carboxylic acids is 2. The number of nitrogens with two attached hydrogens (primary N) is 1. The number of carbonyl (C=O) groups is 2. The van der Waals surface area contributed by atoms with Gasteiger partial charge in [-0.25, -0.2) is 0 Å². The summed E-state index contributed by atoms with van der Waals surface area (Å²) in [5.41, 5.74) is 7.41. The zero-order valence-electron chi connectivity index (χ0n) is 15.4. The van der Waals surface area contributed by atoms with Crippen molar-refractivity contribution in [2.24, 2.45) is 5.73 Å². The van der Waals surface area contributed by atoms with Crippen molar-refractivity contribution in [1.82, 2.24) is 30.8 Å². The maximum atomic E-state index is 12.8. The summed E-state index contributed by atoms with van der Waals surface area (Å²) < 4.78 is -0.327. The maximum Gasteiger partial charge on any atom is 0.249 e. The molecule has 4 rings (SSSR count). The molecule has 2 aromatic rings. The number of amides is 2. The van der Waals surface area contributed by atoms with Gasteiger partial charge >= 0.3 is 0 Å². The molecular weight excluding hydrogens is 382 g/mol. The van der Waals surface area contributed by atoms with Crippen LogP contribution in [-0.2, 0) is 16.2 Å². The molecule has 0 bridgehead atoms. The average Bonchev–Trinajstić information content (AvgIpc) is 3.29. The van der Waals surface area contributed by atoms with Gasteiger partial charge in [-0.3, -0.25) is 9.59 Å². The number of aliphatic hydroxyl groups is 1. The van der Waals surface area contributed by atoms with Crippen molar-refractivity contribution < 1.29 is 14.7 Å². The Morgan fingerprint density at radius 2 is 2.14 bits per heavy atom. The summed E-state index contributed by atoms with van der Waals surface area (Å²) in [6.45, 7) is 3.94. The first-order valence-corrected chi connectivity index (χ1v) is 9.70. The van der Waals surface area contributed by atoms with E-state index in [0.29, 0.717) is 11.4 Å². The predicted octanol–water partition coefficient (Wildman–Crippen LogP) is -0.388. The fourth-order valence-corrected chi connectivity index (χ4v) is 5.30. The molecule has 5 N–H and O–H groups in total. The molecule has 28 heavy (non-hydrogen) atoms. The van der Waals surface area contributed by atoms with Gasteiger partial charge in [-0.1, -0.05) is 29.5 Å². The third kappa shape index (κ3) is 2.95. The molecule has 148 valence electrons. The molecule has 2 aliphatic heterocycles. The largest absolute Gasteiger partial charge is 0.392 e. The molecule has 0 radical (unpaired) electrons. The number of β-lactam (4-membered cyclic amide) rings is 1. The molecule has 0 saturated carbocycles. The molecule has 3 heterocycles. The van der Waals surface area contributed by atoms with Crippen molar-refractivity contribution in [3.63, 3.8) is 0 Å². The Balaban J connectivity index is 1.46. The van der Waals surface area contributed by atoms with E-state index in [9.17, 15) is 9.59 Å². The highest BCUT2D eigenvalue weighted by Crippen LogP contribution is 2.56. The summed E-state index contributed by atoms with van der Waals surface area (Å²) in [6.07, 6.45) is 0. The molecule has 0 aliphatic carbocycles. The number of aromatic nitrogens is 4. The van der Waals surface area contributed by atoms with Crippen LogP contribution in [0.1, 0.15) is 42.9 Å². The smallest absolute Gasteiger partial charge is 0.249 e. The second-order valence-electron chi connectivity index (χ2n) is 7.39. The van der Waals surface area contributed by atoms with Gasteiger partial charge < -0.3 is 21.1 Å². The molecule has 10 nitrogen and oxygen atoms in total. The lowest BCUT2D eigenvalue weighted by atomic mass is 9.95. The van der Waals surface area contributed by atoms with E-state index in [0.717, 1.165) is 5.56 Å². The molecule has 0 spiro atoms. The van der Waals surface area contributed by atoms with E-state index in [1.807, 2.05) is 13.8 Å². The predicted molar refractivity (Wildman–Crippen MR) is 100 cm³/mol. The summed E-state index contributed by atoms with van der Waals surface area (Å²) in [6, 6.07) is 4.96. The van der Waals surface area contributed by atoms with E-state index in [4.69, 9.17) is 10.8 Å². The number of hydrogen-bond donors (Lipinski definition) is 4. The Bertz CT molecular complexity index is 887. The molecule has 1 aromatic carbocycles. The highest BCUT2D eigenvalue weighted by atomic mass is 32.2. The Morgan fingerprint density at radius 3 is 2.75 bits per heavy atom. The first-order chi connectivity index (χ1) is 13.3. The zero-order chi connectivity index (χ0) is 20.1. The topological polar surface area (TPSA) is 150 Å². The summed E-state index contributed by atoms with van der Waals surface area (Å²) >= 11 is 1.59. The Morgan fingerprint density at radius 1 is 1.43 bits per heavy atom. The van der Waals surface area contributed by atoms with Crippen LogP contribution < -0.4 is 11.1 Å². The first-order valence-electron chi connectivity index (χ1n) is 8.82. The van der Waals surface area contributed by atoms with Gasteiger partial charge in [0, 0.05) is 4.75 Å². The van der Waals surface area contributed by atoms with Crippen LogP contribution in [0.5, 0.6) is 0 Å². The molecular formula is C17H21N7O3S. The van der Waals surface area contributed by atoms with Crippen LogP contribution >= 0.6 is 11.8 Å². The van der Waals surface area contributed by atoms with E-state index in [2.05, 4.69) is 25.9 Å². The van der Waals surface area contributed by atoms with Crippen molar-refractivity contribution in [1.29, 1.82) is 0 Å². The average molecular weight is 403 g/mol. The standard InChI is InChI=1S/C17H21N7O3S/c1-17(2)12(13-20-22-23-21-13)24-15(27)11(16(24)28-17)19-14(26)10(18)9-5-3-8(7-25)4-6-9/h3-6,10-12,16,25H,7,18H2,1-2H3,(H,19,26)(H,20,21,22,23)/t10?,11?,12?,16-/m0/s1. The molecule has 2 saturated heterocycles. The third-order valence-electron chi connectivity index (χ3n) is 5.15. The van der Waals surface area contributed by atoms with E-state index in [-0.39, 0.29) is 28.7 Å². The lowest BCUT2D eigenvalue weighted by molar-refractivity contribution is -0.152. The van der Waals surface area contributed by atoms with Gasteiger partial charge in [-0.05, 0) is 25.0 Å². The highest BCUT2D eigenvalue weighted by molar-refractivity contribution is 8.01. The summed E-state index contributed by atoms with van der Waals surface area (Å²) in [7, 11) is 0. The summed E-state index contributed by atoms with van der Waals surface area (Å²) in [5.74, 6) is -0.149. The number of hydrogen-bond acceptors (Lipinski definition) is 8. The van der Waals surface area contributed by atoms with Crippen LogP contribution in [0.3, 0.4) is 0 Å². The minimum absolute atomic E-state index is 0.0790. The van der Waals surface area contributed by atoms with Crippen LogP contribution in [0.15, 0.2) is 24.3 Å². The number of nitrogens with one attached hydrogen (secondary N) is 2. The number of aromatic amines is 1. The van der Waals surface area contributed by atoms with Gasteiger partial charge in [0.1, 0.15) is 23.5 Å². The molecule has 4 atom stereocenters. The van der Waals surface area contributed by atoms with Crippen LogP contribution in [0.4, 0.5) is 0 Å². The van der Waals surface area contributed by atoms with Crippen LogP contribution in [0.25, 0.3) is 0 Å². The van der Waals surface area contributed by atoms with E-state index >= 15 is 0 Å². The van der Waals surface area contributed by atoms with Gasteiger partial charge in [0.05, 0.1) is 6.61 Å². The highest BCUT2D eigenvalue weighted by Gasteiger charge is 2.63. The fraction of sp³-hybridized carbons (Fsp3) is 0.471. The van der Waals surface area contributed by atoms with Gasteiger partial charge in [0.2, 0.25) is 11.8 Å². The number of fused-ring (bicyclic) bond motifs is 1. The van der Waals surface area contributed by atoms with E-state index in [1.54, 1.807) is 40.9 Å². The SMILES string of the molecule is CC1(C)S[C@H]2C(NC(=O)C(N)c3ccc(CO)cc3)C(=O)N2C1c1nn[nH]n1. The minimum Gasteiger partial charge on any atom is -0.392 e. The number of benzene rings is 1. The van der Waals surface area contributed by atoms with Crippen LogP contribution in [-0.4, -0.2) is 58.6 Å². The molecule has 2 fully saturated rings. The summed E-state index contributed by atoms with van der Waals surface area (Å²) in [5, 5.41) is 25.8. The number of aliphatic hydroxyl groups excluding tert-OH is 1. The third-order valence-corrected chi connectivity index (χ3v) is 6.72. The van der Waals surface area contributed by atoms with Crippen molar-refractivity contribution in [2.45, 2.75) is 48.7 Å². The van der Waals surface area contributed by atoms with Crippen LogP contribution in [0.2, 0.25) is 0 Å². The Hall–Kier alpha value is -2.50. The zero-order valence-corrected chi connectivity index (χ0v) is 16.2. The lowest BCUT2D eigenvalue weighted by Gasteiger charge is -2.44. The fourth-order valence-electron chi connectivity index (χ4n) is 3.67. The minimum atomic E-state index is -0.901. The van der Waals surface area contributed by atoms with Gasteiger partial charge in [-0.2, -0.15) is 5.21 Å². The Kier molecular flexibility index (Phi) is 4.60. The maximum absolute atomic E-state index is 12.8. The van der Waals surface area contributed by atoms with Gasteiger partial charge in [-0.15, -0.1) is 22.0 Å². The Labute approximate surface area is 165 Å². The summed E-state index contributed by atoms with van der Waals surface area (Å²) in [4.78, 5) is 27.1.